The molecule has 0 unspecified atom stereocenters. The molecule has 0 saturated carbocycles. The quantitative estimate of drug-likeness (QED) is 0.491. The molecule has 0 aliphatic heterocycles. The van der Waals surface area contributed by atoms with Crippen molar-refractivity contribution in [2.75, 3.05) is 0 Å². The van der Waals surface area contributed by atoms with Gasteiger partial charge in [-0.3, -0.25) is 9.59 Å². The third-order valence-corrected chi connectivity index (χ3v) is 2.09. The molecule has 0 amide bonds. The fourth-order valence-electron chi connectivity index (χ4n) is 0.864. The highest BCUT2D eigenvalue weighted by molar-refractivity contribution is 5.86. The fraction of sp³-hybridized carbons (Fsp3) is 0.385. The summed E-state index contributed by atoms with van der Waals surface area (Å²) >= 11 is 0. The minimum Gasteiger partial charge on any atom is -0.481 e. The van der Waals surface area contributed by atoms with Gasteiger partial charge in [0.15, 0.2) is 0 Å². The van der Waals surface area contributed by atoms with E-state index in [1.54, 1.807) is 0 Å². The normalized spacial score (nSPS) is 10.0. The van der Waals surface area contributed by atoms with Crippen LogP contribution in [0.3, 0.4) is 0 Å². The molecule has 0 saturated heterocycles. The summed E-state index contributed by atoms with van der Waals surface area (Å²) < 4.78 is 0. The van der Waals surface area contributed by atoms with E-state index in [1.165, 1.54) is 13.0 Å². The molecule has 0 aromatic carbocycles. The third kappa shape index (κ3) is 15.3. The van der Waals surface area contributed by atoms with Crippen molar-refractivity contribution in [2.45, 2.75) is 32.6 Å². The monoisotopic (exact) mass is 302 g/mol. The van der Waals surface area contributed by atoms with Gasteiger partial charge in [-0.25, -0.2) is 9.59 Å². The van der Waals surface area contributed by atoms with Crippen molar-refractivity contribution >= 4 is 23.9 Å². The molecule has 0 spiro atoms. The highest BCUT2D eigenvalue weighted by atomic mass is 16.4. The summed E-state index contributed by atoms with van der Waals surface area (Å²) in [5.74, 6) is -4.07. The van der Waals surface area contributed by atoms with Crippen LogP contribution in [0.5, 0.6) is 0 Å². The van der Waals surface area contributed by atoms with Crippen LogP contribution in [-0.4, -0.2) is 44.3 Å². The molecule has 118 valence electrons. The van der Waals surface area contributed by atoms with E-state index in [0.717, 1.165) is 0 Å². The first kappa shape index (κ1) is 20.7. The first-order valence-corrected chi connectivity index (χ1v) is 5.82. The van der Waals surface area contributed by atoms with Gasteiger partial charge in [-0.15, -0.1) is 0 Å². The maximum absolute atomic E-state index is 10.2. The molecular formula is C13H18O8. The van der Waals surface area contributed by atoms with Crippen LogP contribution >= 0.6 is 0 Å². The molecular weight excluding hydrogens is 284 g/mol. The Morgan fingerprint density at radius 3 is 1.67 bits per heavy atom. The van der Waals surface area contributed by atoms with E-state index in [1.807, 2.05) is 0 Å². The predicted molar refractivity (Wildman–Crippen MR) is 71.9 cm³/mol. The Balaban J connectivity index is 0. The van der Waals surface area contributed by atoms with Gasteiger partial charge >= 0.3 is 23.9 Å². The lowest BCUT2D eigenvalue weighted by molar-refractivity contribution is -0.138. The summed E-state index contributed by atoms with van der Waals surface area (Å²) in [4.78, 5) is 40.0. The number of carbonyl (C=O) groups is 4. The van der Waals surface area contributed by atoms with E-state index in [-0.39, 0.29) is 36.8 Å². The largest absolute Gasteiger partial charge is 0.481 e. The number of carboxylic acid groups (broad SMARTS) is 4. The van der Waals surface area contributed by atoms with Gasteiger partial charge in [0.2, 0.25) is 0 Å². The number of allylic oxidation sites excluding steroid dienone is 1. The van der Waals surface area contributed by atoms with Crippen LogP contribution < -0.4 is 0 Å². The average Bonchev–Trinajstić information content (AvgIpc) is 2.35. The molecule has 0 rings (SSSR count). The van der Waals surface area contributed by atoms with E-state index < -0.39 is 23.9 Å². The zero-order valence-corrected chi connectivity index (χ0v) is 11.5. The van der Waals surface area contributed by atoms with Gasteiger partial charge in [0.1, 0.15) is 0 Å². The van der Waals surface area contributed by atoms with Crippen molar-refractivity contribution in [1.82, 2.24) is 0 Å². The summed E-state index contributed by atoms with van der Waals surface area (Å²) in [6, 6.07) is 0. The number of aliphatic carboxylic acids is 4. The fourth-order valence-corrected chi connectivity index (χ4v) is 0.864. The van der Waals surface area contributed by atoms with Gasteiger partial charge in [-0.2, -0.15) is 0 Å². The Bertz CT molecular complexity index is 447. The van der Waals surface area contributed by atoms with Crippen LogP contribution in [0.4, 0.5) is 0 Å². The number of rotatable bonds is 8. The summed E-state index contributed by atoms with van der Waals surface area (Å²) in [6.45, 7) is 4.60. The molecule has 0 fully saturated rings. The van der Waals surface area contributed by atoms with Crippen LogP contribution in [0.2, 0.25) is 0 Å². The Kier molecular flexibility index (Phi) is 11.0. The minimum atomic E-state index is -1.14. The molecule has 0 heterocycles. The average molecular weight is 302 g/mol. The van der Waals surface area contributed by atoms with Crippen LogP contribution in [0.25, 0.3) is 0 Å². The van der Waals surface area contributed by atoms with Crippen LogP contribution in [0, 0.1) is 0 Å². The van der Waals surface area contributed by atoms with Gasteiger partial charge in [-0.1, -0.05) is 12.7 Å². The summed E-state index contributed by atoms with van der Waals surface area (Å²) in [7, 11) is 0. The molecule has 21 heavy (non-hydrogen) atoms. The summed E-state index contributed by atoms with van der Waals surface area (Å²) in [5, 5.41) is 32.8. The second-order valence-corrected chi connectivity index (χ2v) is 3.93. The van der Waals surface area contributed by atoms with Crippen molar-refractivity contribution in [3.05, 3.63) is 23.8 Å². The second kappa shape index (κ2) is 11.2. The lowest BCUT2D eigenvalue weighted by Crippen LogP contribution is -2.02. The van der Waals surface area contributed by atoms with Crippen molar-refractivity contribution in [3.8, 4) is 0 Å². The van der Waals surface area contributed by atoms with Gasteiger partial charge in [0.25, 0.3) is 0 Å². The Hall–Kier alpha value is -2.64. The number of hydrogen-bond donors (Lipinski definition) is 4. The molecule has 0 aromatic heterocycles. The Morgan fingerprint density at radius 2 is 1.33 bits per heavy atom. The molecule has 0 bridgehead atoms. The summed E-state index contributed by atoms with van der Waals surface area (Å²) in [6.07, 6.45) is 1.48. The van der Waals surface area contributed by atoms with E-state index in [9.17, 15) is 19.2 Å². The molecule has 0 radical (unpaired) electrons. The third-order valence-electron chi connectivity index (χ3n) is 2.09. The van der Waals surface area contributed by atoms with Gasteiger partial charge in [0, 0.05) is 24.0 Å². The number of carboxylic acids is 4. The highest BCUT2D eigenvalue weighted by Gasteiger charge is 2.05. The standard InChI is InChI=1S/C7H10O4.C6H8O4/c1-5(7(10)11)3-2-4-6(8)9;1-4(6(9)10)2-3-5(7)8/h3H,2,4H2,1H3,(H,8,9)(H,10,11);1-3H2,(H,7,8)(H,9,10). The van der Waals surface area contributed by atoms with Crippen LogP contribution in [0.1, 0.15) is 32.6 Å². The van der Waals surface area contributed by atoms with Crippen molar-refractivity contribution < 1.29 is 39.6 Å². The van der Waals surface area contributed by atoms with Crippen LogP contribution in [0.15, 0.2) is 23.8 Å². The summed E-state index contributed by atoms with van der Waals surface area (Å²) in [5.41, 5.74) is 0.119. The highest BCUT2D eigenvalue weighted by Crippen LogP contribution is 2.01. The van der Waals surface area contributed by atoms with E-state index in [0.29, 0.717) is 0 Å². The molecule has 4 N–H and O–H groups in total. The minimum absolute atomic E-state index is 0.00463. The number of hydrogen-bond acceptors (Lipinski definition) is 4. The Morgan fingerprint density at radius 1 is 0.857 bits per heavy atom. The Labute approximate surface area is 121 Å². The van der Waals surface area contributed by atoms with Crippen molar-refractivity contribution in [3.63, 3.8) is 0 Å². The lowest BCUT2D eigenvalue weighted by Gasteiger charge is -1.94. The molecule has 0 aliphatic rings. The van der Waals surface area contributed by atoms with E-state index >= 15 is 0 Å². The second-order valence-electron chi connectivity index (χ2n) is 3.93. The molecule has 0 aromatic rings. The van der Waals surface area contributed by atoms with Gasteiger partial charge in [0.05, 0.1) is 0 Å². The SMILES string of the molecule is C=C(CCC(=O)O)C(=O)O.CC(=CCCC(=O)O)C(=O)O. The van der Waals surface area contributed by atoms with Crippen molar-refractivity contribution in [1.29, 1.82) is 0 Å². The predicted octanol–water partition coefficient (Wildman–Crippen LogP) is 1.37. The van der Waals surface area contributed by atoms with Crippen LogP contribution in [-0.2, 0) is 19.2 Å². The zero-order valence-electron chi connectivity index (χ0n) is 11.5. The lowest BCUT2D eigenvalue weighted by atomic mass is 10.2. The van der Waals surface area contributed by atoms with E-state index in [4.69, 9.17) is 20.4 Å². The first-order chi connectivity index (χ1) is 9.57. The molecule has 8 nitrogen and oxygen atoms in total. The van der Waals surface area contributed by atoms with Crippen molar-refractivity contribution in [2.24, 2.45) is 0 Å². The smallest absolute Gasteiger partial charge is 0.330 e. The molecule has 0 atom stereocenters. The van der Waals surface area contributed by atoms with E-state index in [2.05, 4.69) is 6.58 Å². The van der Waals surface area contributed by atoms with Gasteiger partial charge < -0.3 is 20.4 Å². The maximum atomic E-state index is 10.2. The molecule has 0 aliphatic carbocycles. The molecule has 8 heteroatoms. The first-order valence-electron chi connectivity index (χ1n) is 5.82. The van der Waals surface area contributed by atoms with Gasteiger partial charge in [-0.05, 0) is 19.8 Å². The maximum Gasteiger partial charge on any atom is 0.330 e. The zero-order chi connectivity index (χ0) is 17.0. The topological polar surface area (TPSA) is 149 Å².